The fourth-order valence-electron chi connectivity index (χ4n) is 1.63. The highest BCUT2D eigenvalue weighted by Crippen LogP contribution is 2.20. The Balaban J connectivity index is 2.05. The predicted octanol–water partition coefficient (Wildman–Crippen LogP) is 3.46. The number of aliphatic hydroxyl groups excluding tert-OH is 1. The lowest BCUT2D eigenvalue weighted by Crippen LogP contribution is -2.10. The van der Waals surface area contributed by atoms with Gasteiger partial charge in [0.25, 0.3) is 5.91 Å². The molecule has 0 atom stereocenters. The molecule has 0 aliphatic rings. The van der Waals surface area contributed by atoms with Crippen LogP contribution >= 0.6 is 23.1 Å². The largest absolute Gasteiger partial charge is 0.395 e. The van der Waals surface area contributed by atoms with Crippen molar-refractivity contribution in [1.82, 2.24) is 0 Å². The first-order valence-electron chi connectivity index (χ1n) is 6.36. The average molecular weight is 317 g/mol. The summed E-state index contributed by atoms with van der Waals surface area (Å²) in [5.74, 6) is 5.63. The van der Waals surface area contributed by atoms with E-state index >= 15 is 0 Å². The number of carbonyl (C=O) groups excluding carboxylic acids is 1. The summed E-state index contributed by atoms with van der Waals surface area (Å²) in [6, 6.07) is 9.49. The van der Waals surface area contributed by atoms with E-state index in [1.54, 1.807) is 23.2 Å². The van der Waals surface area contributed by atoms with Crippen molar-refractivity contribution in [2.45, 2.75) is 11.3 Å². The molecule has 0 bridgehead atoms. The van der Waals surface area contributed by atoms with Crippen LogP contribution in [0.3, 0.4) is 0 Å². The zero-order valence-electron chi connectivity index (χ0n) is 11.6. The van der Waals surface area contributed by atoms with Gasteiger partial charge in [0, 0.05) is 22.4 Å². The van der Waals surface area contributed by atoms with E-state index in [1.807, 2.05) is 30.5 Å². The van der Waals surface area contributed by atoms with E-state index in [1.165, 1.54) is 11.3 Å². The molecule has 0 fully saturated rings. The predicted molar refractivity (Wildman–Crippen MR) is 89.1 cm³/mol. The molecule has 0 saturated carbocycles. The second-order valence-corrected chi connectivity index (χ2v) is 5.95. The third kappa shape index (κ3) is 4.64. The van der Waals surface area contributed by atoms with Gasteiger partial charge in [-0.25, -0.2) is 0 Å². The van der Waals surface area contributed by atoms with E-state index in [-0.39, 0.29) is 12.5 Å². The van der Waals surface area contributed by atoms with Crippen LogP contribution in [-0.4, -0.2) is 23.9 Å². The van der Waals surface area contributed by atoms with Crippen molar-refractivity contribution in [2.75, 3.05) is 18.2 Å². The zero-order chi connectivity index (χ0) is 15.1. The first-order chi connectivity index (χ1) is 10.2. The van der Waals surface area contributed by atoms with Crippen LogP contribution < -0.4 is 5.32 Å². The number of rotatable bonds is 4. The Hall–Kier alpha value is -1.74. The fraction of sp³-hybridized carbons (Fsp3) is 0.188. The SMILES string of the molecule is CSc1cccc(NC(=O)c2csc(C#CCCO)c2)c1. The van der Waals surface area contributed by atoms with E-state index in [0.29, 0.717) is 12.0 Å². The Bertz CT molecular complexity index is 683. The van der Waals surface area contributed by atoms with Gasteiger partial charge in [0.2, 0.25) is 0 Å². The molecular formula is C16H15NO2S2. The summed E-state index contributed by atoms with van der Waals surface area (Å²) in [4.78, 5) is 14.1. The molecule has 0 saturated heterocycles. The van der Waals surface area contributed by atoms with Crippen LogP contribution in [0.4, 0.5) is 5.69 Å². The molecule has 1 heterocycles. The summed E-state index contributed by atoms with van der Waals surface area (Å²) in [6.07, 6.45) is 2.44. The second kappa shape index (κ2) is 7.89. The van der Waals surface area contributed by atoms with Gasteiger partial charge >= 0.3 is 0 Å². The van der Waals surface area contributed by atoms with E-state index < -0.39 is 0 Å². The van der Waals surface area contributed by atoms with Crippen LogP contribution in [0.2, 0.25) is 0 Å². The van der Waals surface area contributed by atoms with E-state index in [2.05, 4.69) is 17.2 Å². The Morgan fingerprint density at radius 3 is 3.05 bits per heavy atom. The quantitative estimate of drug-likeness (QED) is 0.671. The van der Waals surface area contributed by atoms with Gasteiger partial charge in [0.1, 0.15) is 0 Å². The number of carbonyl (C=O) groups is 1. The van der Waals surface area contributed by atoms with Gasteiger partial charge < -0.3 is 10.4 Å². The van der Waals surface area contributed by atoms with E-state index in [4.69, 9.17) is 5.11 Å². The van der Waals surface area contributed by atoms with Crippen molar-refractivity contribution in [3.05, 3.63) is 46.2 Å². The molecular weight excluding hydrogens is 302 g/mol. The van der Waals surface area contributed by atoms with Crippen LogP contribution in [0, 0.1) is 11.8 Å². The van der Waals surface area contributed by atoms with Gasteiger partial charge in [-0.15, -0.1) is 23.1 Å². The summed E-state index contributed by atoms with van der Waals surface area (Å²) in [7, 11) is 0. The van der Waals surface area contributed by atoms with Crippen molar-refractivity contribution in [2.24, 2.45) is 0 Å². The summed E-state index contributed by atoms with van der Waals surface area (Å²) in [5, 5.41) is 13.3. The van der Waals surface area contributed by atoms with Crippen molar-refractivity contribution >= 4 is 34.7 Å². The van der Waals surface area contributed by atoms with Crippen LogP contribution in [0.5, 0.6) is 0 Å². The molecule has 0 unspecified atom stereocenters. The van der Waals surface area contributed by atoms with Gasteiger partial charge in [0.15, 0.2) is 0 Å². The summed E-state index contributed by atoms with van der Waals surface area (Å²) < 4.78 is 0. The average Bonchev–Trinajstić information content (AvgIpc) is 2.97. The number of hydrogen-bond acceptors (Lipinski definition) is 4. The number of nitrogens with one attached hydrogen (secondary N) is 1. The molecule has 2 N–H and O–H groups in total. The van der Waals surface area contributed by atoms with Gasteiger partial charge in [-0.2, -0.15) is 0 Å². The first-order valence-corrected chi connectivity index (χ1v) is 8.47. The minimum Gasteiger partial charge on any atom is -0.395 e. The van der Waals surface area contributed by atoms with Crippen molar-refractivity contribution in [3.63, 3.8) is 0 Å². The van der Waals surface area contributed by atoms with Crippen molar-refractivity contribution in [1.29, 1.82) is 0 Å². The zero-order valence-corrected chi connectivity index (χ0v) is 13.2. The molecule has 1 aromatic heterocycles. The van der Waals surface area contributed by atoms with Crippen LogP contribution in [0.1, 0.15) is 21.7 Å². The summed E-state index contributed by atoms with van der Waals surface area (Å²) in [5.41, 5.74) is 1.38. The lowest BCUT2D eigenvalue weighted by molar-refractivity contribution is 0.102. The molecule has 5 heteroatoms. The molecule has 0 aliphatic carbocycles. The Kier molecular flexibility index (Phi) is 5.88. The number of thiophene rings is 1. The standard InChI is InChI=1S/C16H15NO2S2/c1-20-14-7-4-5-13(10-14)17-16(19)12-9-15(21-11-12)6-2-3-8-18/h4-5,7,9-11,18H,3,8H2,1H3,(H,17,19). The maximum atomic E-state index is 12.2. The number of amides is 1. The molecule has 1 amide bonds. The van der Waals surface area contributed by atoms with Crippen molar-refractivity contribution in [3.8, 4) is 11.8 Å². The molecule has 2 rings (SSSR count). The molecule has 2 aromatic rings. The number of aliphatic hydroxyl groups is 1. The molecule has 1 aromatic carbocycles. The third-order valence-corrected chi connectivity index (χ3v) is 4.21. The molecule has 21 heavy (non-hydrogen) atoms. The minimum atomic E-state index is -0.139. The number of benzene rings is 1. The van der Waals surface area contributed by atoms with E-state index in [0.717, 1.165) is 15.5 Å². The van der Waals surface area contributed by atoms with Crippen LogP contribution in [-0.2, 0) is 0 Å². The van der Waals surface area contributed by atoms with Crippen LogP contribution in [0.15, 0.2) is 40.6 Å². The third-order valence-electron chi connectivity index (χ3n) is 2.64. The first kappa shape index (κ1) is 15.6. The van der Waals surface area contributed by atoms with Gasteiger partial charge in [0.05, 0.1) is 17.0 Å². The highest BCUT2D eigenvalue weighted by molar-refractivity contribution is 7.98. The molecule has 0 spiro atoms. The normalized spacial score (nSPS) is 9.81. The number of hydrogen-bond donors (Lipinski definition) is 2. The lowest BCUT2D eigenvalue weighted by Gasteiger charge is -2.05. The monoisotopic (exact) mass is 317 g/mol. The molecule has 3 nitrogen and oxygen atoms in total. The molecule has 0 aliphatic heterocycles. The maximum absolute atomic E-state index is 12.2. The summed E-state index contributed by atoms with van der Waals surface area (Å²) >= 11 is 3.06. The van der Waals surface area contributed by atoms with Gasteiger partial charge in [-0.05, 0) is 30.5 Å². The molecule has 108 valence electrons. The van der Waals surface area contributed by atoms with Crippen LogP contribution in [0.25, 0.3) is 0 Å². The number of thioether (sulfide) groups is 1. The topological polar surface area (TPSA) is 49.3 Å². The lowest BCUT2D eigenvalue weighted by atomic mass is 10.2. The van der Waals surface area contributed by atoms with E-state index in [9.17, 15) is 4.79 Å². The van der Waals surface area contributed by atoms with Gasteiger partial charge in [-0.3, -0.25) is 4.79 Å². The minimum absolute atomic E-state index is 0.0531. The Labute approximate surface area is 132 Å². The summed E-state index contributed by atoms with van der Waals surface area (Å²) in [6.45, 7) is 0.0531. The van der Waals surface area contributed by atoms with Crippen molar-refractivity contribution < 1.29 is 9.90 Å². The second-order valence-electron chi connectivity index (χ2n) is 4.16. The Morgan fingerprint density at radius 2 is 2.29 bits per heavy atom. The smallest absolute Gasteiger partial charge is 0.256 e. The van der Waals surface area contributed by atoms with Gasteiger partial charge in [-0.1, -0.05) is 17.9 Å². The highest BCUT2D eigenvalue weighted by Gasteiger charge is 2.08. The highest BCUT2D eigenvalue weighted by atomic mass is 32.2. The molecule has 0 radical (unpaired) electrons. The maximum Gasteiger partial charge on any atom is 0.256 e. The number of anilines is 1. The fourth-order valence-corrected chi connectivity index (χ4v) is 2.85. The Morgan fingerprint density at radius 1 is 1.43 bits per heavy atom.